The van der Waals surface area contributed by atoms with Crippen LogP contribution in [0.25, 0.3) is 11.0 Å². The van der Waals surface area contributed by atoms with Crippen LogP contribution in [0.15, 0.2) is 16.5 Å². The Kier molecular flexibility index (Phi) is 3.28. The highest BCUT2D eigenvalue weighted by molar-refractivity contribution is 7.00. The highest BCUT2D eigenvalue weighted by Crippen LogP contribution is 2.31. The Bertz CT molecular complexity index is 711. The van der Waals surface area contributed by atoms with Crippen molar-refractivity contribution in [1.82, 2.24) is 18.9 Å². The van der Waals surface area contributed by atoms with E-state index in [1.807, 2.05) is 0 Å². The van der Waals surface area contributed by atoms with Crippen LogP contribution in [0.4, 0.5) is 11.7 Å². The number of nitrogens with two attached hydrogens (primary N) is 1. The molecule has 0 amide bonds. The van der Waals surface area contributed by atoms with Gasteiger partial charge in [0.25, 0.3) is 0 Å². The largest absolute Gasteiger partial charge is 0.408 e. The van der Waals surface area contributed by atoms with Gasteiger partial charge in [-0.3, -0.25) is 0 Å². The summed E-state index contributed by atoms with van der Waals surface area (Å²) in [5.74, 6) is 0.477. The van der Waals surface area contributed by atoms with Gasteiger partial charge in [0, 0.05) is 13.0 Å². The van der Waals surface area contributed by atoms with E-state index in [0.717, 1.165) is 17.2 Å². The summed E-state index contributed by atoms with van der Waals surface area (Å²) in [4.78, 5) is 0. The average molecular weight is 297 g/mol. The molecular formula is C10H9ClN6OS. The van der Waals surface area contributed by atoms with E-state index in [1.54, 1.807) is 12.1 Å². The van der Waals surface area contributed by atoms with Crippen LogP contribution in [0.1, 0.15) is 5.89 Å². The predicted octanol–water partition coefficient (Wildman–Crippen LogP) is 1.97. The quantitative estimate of drug-likeness (QED) is 0.758. The Labute approximate surface area is 117 Å². The molecule has 0 radical (unpaired) electrons. The topological polar surface area (TPSA) is 103 Å². The molecule has 0 spiro atoms. The minimum absolute atomic E-state index is 0.255. The van der Waals surface area contributed by atoms with Crippen molar-refractivity contribution in [2.75, 3.05) is 11.9 Å². The predicted molar refractivity (Wildman–Crippen MR) is 72.8 cm³/mol. The Morgan fingerprint density at radius 3 is 3.05 bits per heavy atom. The molecule has 2 aromatic heterocycles. The highest BCUT2D eigenvalue weighted by Gasteiger charge is 2.13. The highest BCUT2D eigenvalue weighted by atomic mass is 35.5. The molecule has 1 aromatic carbocycles. The maximum atomic E-state index is 6.14. The molecule has 3 rings (SSSR count). The Morgan fingerprint density at radius 2 is 2.21 bits per heavy atom. The lowest BCUT2D eigenvalue weighted by Gasteiger charge is -2.03. The van der Waals surface area contributed by atoms with Crippen molar-refractivity contribution in [2.24, 2.45) is 5.73 Å². The first-order valence-electron chi connectivity index (χ1n) is 5.48. The van der Waals surface area contributed by atoms with Gasteiger partial charge in [-0.15, -0.1) is 5.10 Å². The van der Waals surface area contributed by atoms with E-state index in [9.17, 15) is 0 Å². The van der Waals surface area contributed by atoms with Crippen molar-refractivity contribution in [3.05, 3.63) is 23.0 Å². The maximum absolute atomic E-state index is 6.14. The van der Waals surface area contributed by atoms with Crippen molar-refractivity contribution in [2.45, 2.75) is 6.42 Å². The van der Waals surface area contributed by atoms with Gasteiger partial charge in [0.15, 0.2) is 0 Å². The fourth-order valence-electron chi connectivity index (χ4n) is 1.58. The third-order valence-electron chi connectivity index (χ3n) is 2.43. The first-order chi connectivity index (χ1) is 9.28. The van der Waals surface area contributed by atoms with Crippen LogP contribution in [-0.2, 0) is 6.42 Å². The molecule has 0 saturated carbocycles. The summed E-state index contributed by atoms with van der Waals surface area (Å²) in [6.45, 7) is 0.452. The van der Waals surface area contributed by atoms with Crippen molar-refractivity contribution < 1.29 is 4.42 Å². The van der Waals surface area contributed by atoms with E-state index in [2.05, 4.69) is 24.3 Å². The second-order valence-corrected chi connectivity index (χ2v) is 4.65. The lowest BCUT2D eigenvalue weighted by Crippen LogP contribution is -2.02. The third-order valence-corrected chi connectivity index (χ3v) is 3.29. The number of rotatable bonds is 4. The van der Waals surface area contributed by atoms with Gasteiger partial charge in [0.05, 0.1) is 22.4 Å². The van der Waals surface area contributed by atoms with E-state index < -0.39 is 0 Å². The molecule has 3 N–H and O–H groups in total. The molecular weight excluding hydrogens is 288 g/mol. The maximum Gasteiger partial charge on any atom is 0.320 e. The lowest BCUT2D eigenvalue weighted by molar-refractivity contribution is 0.510. The summed E-state index contributed by atoms with van der Waals surface area (Å²) in [5.41, 5.74) is 7.47. The number of halogens is 1. The molecule has 2 heterocycles. The van der Waals surface area contributed by atoms with Gasteiger partial charge in [0.2, 0.25) is 5.89 Å². The van der Waals surface area contributed by atoms with Gasteiger partial charge >= 0.3 is 6.01 Å². The fourth-order valence-corrected chi connectivity index (χ4v) is 2.32. The van der Waals surface area contributed by atoms with E-state index in [-0.39, 0.29) is 6.01 Å². The summed E-state index contributed by atoms with van der Waals surface area (Å²) in [5, 5.41) is 11.2. The van der Waals surface area contributed by atoms with Gasteiger partial charge in [0.1, 0.15) is 11.0 Å². The van der Waals surface area contributed by atoms with Crippen LogP contribution < -0.4 is 11.1 Å². The van der Waals surface area contributed by atoms with Gasteiger partial charge in [-0.2, -0.15) is 8.75 Å². The summed E-state index contributed by atoms with van der Waals surface area (Å²) in [6, 6.07) is 3.80. The molecule has 0 fully saturated rings. The molecule has 9 heteroatoms. The van der Waals surface area contributed by atoms with Crippen molar-refractivity contribution in [3.63, 3.8) is 0 Å². The van der Waals surface area contributed by atoms with Gasteiger partial charge in [-0.1, -0.05) is 16.7 Å². The zero-order valence-corrected chi connectivity index (χ0v) is 11.2. The van der Waals surface area contributed by atoms with Crippen LogP contribution in [0.2, 0.25) is 5.02 Å². The number of nitrogens with one attached hydrogen (secondary N) is 1. The number of fused-ring (bicyclic) bond motifs is 1. The number of anilines is 2. The van der Waals surface area contributed by atoms with Crippen molar-refractivity contribution in [1.29, 1.82) is 0 Å². The molecule has 98 valence electrons. The molecule has 0 aliphatic rings. The second kappa shape index (κ2) is 5.08. The zero-order chi connectivity index (χ0) is 13.2. The third kappa shape index (κ3) is 2.37. The molecule has 0 bridgehead atoms. The molecule has 0 atom stereocenters. The Morgan fingerprint density at radius 1 is 1.32 bits per heavy atom. The molecule has 0 unspecified atom stereocenters. The Hall–Kier alpha value is -1.77. The number of hydrogen-bond donors (Lipinski definition) is 2. The second-order valence-electron chi connectivity index (χ2n) is 3.72. The number of nitrogens with zero attached hydrogens (tertiary/aromatic N) is 4. The SMILES string of the molecule is NCCc1nnc(Nc2c(Cl)ccc3nsnc23)o1. The number of aromatic nitrogens is 4. The standard InChI is InChI=1S/C10H9ClN6OS/c11-5-1-2-6-9(17-19-16-6)8(5)13-10-15-14-7(18-10)3-4-12/h1-2H,3-4,12H2,(H,13,15). The molecule has 0 aliphatic carbocycles. The van der Waals surface area contributed by atoms with Crippen LogP contribution in [0.5, 0.6) is 0 Å². The van der Waals surface area contributed by atoms with Gasteiger partial charge in [-0.25, -0.2) is 0 Å². The molecule has 0 aliphatic heterocycles. The average Bonchev–Trinajstić information content (AvgIpc) is 3.02. The van der Waals surface area contributed by atoms with Crippen LogP contribution >= 0.6 is 23.3 Å². The number of benzene rings is 1. The Balaban J connectivity index is 1.95. The summed E-state index contributed by atoms with van der Waals surface area (Å²) in [6.07, 6.45) is 0.533. The molecule has 3 aromatic rings. The lowest BCUT2D eigenvalue weighted by atomic mass is 10.2. The fraction of sp³-hybridized carbons (Fsp3) is 0.200. The minimum atomic E-state index is 0.255. The van der Waals surface area contributed by atoms with Crippen molar-refractivity contribution in [3.8, 4) is 0 Å². The molecule has 19 heavy (non-hydrogen) atoms. The smallest absolute Gasteiger partial charge is 0.320 e. The number of hydrogen-bond acceptors (Lipinski definition) is 8. The summed E-state index contributed by atoms with van der Waals surface area (Å²) >= 11 is 7.26. The molecule has 0 saturated heterocycles. The zero-order valence-electron chi connectivity index (χ0n) is 9.63. The van der Waals surface area contributed by atoms with Gasteiger partial charge < -0.3 is 15.5 Å². The summed E-state index contributed by atoms with van der Waals surface area (Å²) < 4.78 is 13.7. The first-order valence-corrected chi connectivity index (χ1v) is 6.59. The van der Waals surface area contributed by atoms with E-state index in [0.29, 0.717) is 35.1 Å². The van der Waals surface area contributed by atoms with E-state index >= 15 is 0 Å². The van der Waals surface area contributed by atoms with E-state index in [1.165, 1.54) is 0 Å². The minimum Gasteiger partial charge on any atom is -0.408 e. The normalized spacial score (nSPS) is 11.1. The van der Waals surface area contributed by atoms with Gasteiger partial charge in [-0.05, 0) is 12.1 Å². The molecule has 7 nitrogen and oxygen atoms in total. The van der Waals surface area contributed by atoms with Crippen LogP contribution in [-0.4, -0.2) is 25.5 Å². The van der Waals surface area contributed by atoms with Crippen molar-refractivity contribution >= 4 is 46.1 Å². The van der Waals surface area contributed by atoms with Crippen LogP contribution in [0, 0.1) is 0 Å². The monoisotopic (exact) mass is 296 g/mol. The van der Waals surface area contributed by atoms with E-state index in [4.69, 9.17) is 21.8 Å². The first kappa shape index (κ1) is 12.3. The summed E-state index contributed by atoms with van der Waals surface area (Å²) in [7, 11) is 0. The van der Waals surface area contributed by atoms with Crippen LogP contribution in [0.3, 0.4) is 0 Å².